The van der Waals surface area contributed by atoms with Crippen LogP contribution >= 0.6 is 11.6 Å². The van der Waals surface area contributed by atoms with Crippen LogP contribution in [0, 0.1) is 12.8 Å². The van der Waals surface area contributed by atoms with E-state index in [0.29, 0.717) is 10.6 Å². The minimum absolute atomic E-state index is 0.00184. The van der Waals surface area contributed by atoms with E-state index >= 15 is 0 Å². The van der Waals surface area contributed by atoms with Crippen LogP contribution in [-0.4, -0.2) is 26.2 Å². The van der Waals surface area contributed by atoms with Gasteiger partial charge < -0.3 is 5.11 Å². The summed E-state index contributed by atoms with van der Waals surface area (Å²) in [4.78, 5) is 0.215. The monoisotopic (exact) mass is 317 g/mol. The number of benzene rings is 1. The van der Waals surface area contributed by atoms with Crippen molar-refractivity contribution in [1.29, 1.82) is 0 Å². The minimum Gasteiger partial charge on any atom is -0.396 e. The van der Waals surface area contributed by atoms with Crippen molar-refractivity contribution in [1.82, 2.24) is 4.72 Å². The summed E-state index contributed by atoms with van der Waals surface area (Å²) < 4.78 is 27.7. The lowest BCUT2D eigenvalue weighted by Gasteiger charge is -2.30. The summed E-state index contributed by atoms with van der Waals surface area (Å²) in [5.74, 6) is -0.00184. The standard InChI is InChI=1S/C14H20ClNO3S/c1-10-12(15)6-4-8-14(10)20(18,19)16-13-7-3-2-5-11(13)9-17/h4,6,8,11,13,16-17H,2-3,5,7,9H2,1H3. The second-order valence-electron chi connectivity index (χ2n) is 5.32. The van der Waals surface area contributed by atoms with Gasteiger partial charge in [0.2, 0.25) is 10.0 Å². The van der Waals surface area contributed by atoms with Gasteiger partial charge in [-0.25, -0.2) is 13.1 Å². The molecular weight excluding hydrogens is 298 g/mol. The molecule has 1 aromatic carbocycles. The van der Waals surface area contributed by atoms with E-state index in [1.807, 2.05) is 0 Å². The van der Waals surface area contributed by atoms with Crippen LogP contribution in [0.15, 0.2) is 23.1 Å². The molecule has 1 aromatic rings. The average molecular weight is 318 g/mol. The second-order valence-corrected chi connectivity index (χ2v) is 7.41. The molecule has 1 fully saturated rings. The van der Waals surface area contributed by atoms with Crippen molar-refractivity contribution < 1.29 is 13.5 Å². The van der Waals surface area contributed by atoms with Crippen LogP contribution in [0.3, 0.4) is 0 Å². The van der Waals surface area contributed by atoms with Gasteiger partial charge in [-0.3, -0.25) is 0 Å². The molecule has 4 nitrogen and oxygen atoms in total. The van der Waals surface area contributed by atoms with Crippen molar-refractivity contribution >= 4 is 21.6 Å². The first-order valence-electron chi connectivity index (χ1n) is 6.84. The minimum atomic E-state index is -3.60. The van der Waals surface area contributed by atoms with Crippen LogP contribution in [0.4, 0.5) is 0 Å². The first-order valence-corrected chi connectivity index (χ1v) is 8.70. The van der Waals surface area contributed by atoms with E-state index in [1.54, 1.807) is 25.1 Å². The summed E-state index contributed by atoms with van der Waals surface area (Å²) >= 11 is 5.99. The highest BCUT2D eigenvalue weighted by Gasteiger charge is 2.29. The van der Waals surface area contributed by atoms with E-state index in [0.717, 1.165) is 25.7 Å². The lowest BCUT2D eigenvalue weighted by atomic mass is 9.86. The number of sulfonamides is 1. The molecule has 2 rings (SSSR count). The highest BCUT2D eigenvalue weighted by molar-refractivity contribution is 7.89. The Labute approximate surface area is 125 Å². The summed E-state index contributed by atoms with van der Waals surface area (Å²) in [6, 6.07) is 4.67. The highest BCUT2D eigenvalue weighted by Crippen LogP contribution is 2.27. The normalized spacial score (nSPS) is 23.8. The van der Waals surface area contributed by atoms with E-state index in [1.165, 1.54) is 0 Å². The van der Waals surface area contributed by atoms with Gasteiger partial charge >= 0.3 is 0 Å². The maximum absolute atomic E-state index is 12.5. The zero-order valence-electron chi connectivity index (χ0n) is 11.5. The summed E-state index contributed by atoms with van der Waals surface area (Å²) in [6.45, 7) is 1.71. The number of hydrogen-bond donors (Lipinski definition) is 2. The highest BCUT2D eigenvalue weighted by atomic mass is 35.5. The van der Waals surface area contributed by atoms with E-state index in [2.05, 4.69) is 4.72 Å². The molecule has 1 aliphatic rings. The van der Waals surface area contributed by atoms with Crippen LogP contribution in [-0.2, 0) is 10.0 Å². The zero-order chi connectivity index (χ0) is 14.8. The summed E-state index contributed by atoms with van der Waals surface area (Å²) in [6.07, 6.45) is 3.65. The van der Waals surface area contributed by atoms with Gasteiger partial charge in [0.1, 0.15) is 0 Å². The third kappa shape index (κ3) is 3.34. The van der Waals surface area contributed by atoms with Gasteiger partial charge in [-0.05, 0) is 43.4 Å². The topological polar surface area (TPSA) is 66.4 Å². The SMILES string of the molecule is Cc1c(Cl)cccc1S(=O)(=O)NC1CCCCC1CO. The number of hydrogen-bond acceptors (Lipinski definition) is 3. The number of rotatable bonds is 4. The number of nitrogens with one attached hydrogen (secondary N) is 1. The first kappa shape index (κ1) is 15.8. The molecule has 112 valence electrons. The summed E-state index contributed by atoms with van der Waals surface area (Å²) in [7, 11) is -3.60. The maximum atomic E-state index is 12.5. The van der Waals surface area contributed by atoms with Gasteiger partial charge in [-0.2, -0.15) is 0 Å². The molecule has 0 aromatic heterocycles. The Hall–Kier alpha value is -0.620. The molecule has 2 N–H and O–H groups in total. The first-order chi connectivity index (χ1) is 9.45. The van der Waals surface area contributed by atoms with Gasteiger partial charge in [0.05, 0.1) is 4.90 Å². The third-order valence-corrected chi connectivity index (χ3v) is 6.00. The molecule has 1 aliphatic carbocycles. The molecule has 1 saturated carbocycles. The molecule has 2 unspecified atom stereocenters. The predicted octanol–water partition coefficient (Wildman–Crippen LogP) is 2.48. The van der Waals surface area contributed by atoms with E-state index in [-0.39, 0.29) is 23.5 Å². The van der Waals surface area contributed by atoms with Gasteiger partial charge in [-0.15, -0.1) is 0 Å². The Balaban J connectivity index is 2.24. The molecule has 0 spiro atoms. The number of aliphatic hydroxyl groups excluding tert-OH is 1. The van der Waals surface area contributed by atoms with Crippen molar-refractivity contribution in [3.05, 3.63) is 28.8 Å². The molecule has 0 bridgehead atoms. The van der Waals surface area contributed by atoms with Crippen molar-refractivity contribution in [2.24, 2.45) is 5.92 Å². The van der Waals surface area contributed by atoms with Crippen molar-refractivity contribution in [2.75, 3.05) is 6.61 Å². The number of aliphatic hydroxyl groups is 1. The summed E-state index contributed by atoms with van der Waals surface area (Å²) in [5, 5.41) is 9.81. The fourth-order valence-corrected chi connectivity index (χ4v) is 4.56. The molecule has 0 aliphatic heterocycles. The van der Waals surface area contributed by atoms with Crippen molar-refractivity contribution in [3.63, 3.8) is 0 Å². The van der Waals surface area contributed by atoms with Gasteiger partial charge in [0, 0.05) is 17.7 Å². The fourth-order valence-electron chi connectivity index (χ4n) is 2.72. The smallest absolute Gasteiger partial charge is 0.241 e. The summed E-state index contributed by atoms with van der Waals surface area (Å²) in [5.41, 5.74) is 0.554. The lowest BCUT2D eigenvalue weighted by Crippen LogP contribution is -2.43. The molecule has 0 amide bonds. The maximum Gasteiger partial charge on any atom is 0.241 e. The molecule has 20 heavy (non-hydrogen) atoms. The van der Waals surface area contributed by atoms with Crippen LogP contribution < -0.4 is 4.72 Å². The zero-order valence-corrected chi connectivity index (χ0v) is 13.0. The molecule has 0 radical (unpaired) electrons. The van der Waals surface area contributed by atoms with Gasteiger partial charge in [0.15, 0.2) is 0 Å². The third-order valence-electron chi connectivity index (χ3n) is 3.96. The molecule has 0 heterocycles. The Kier molecular flexibility index (Phi) is 5.07. The van der Waals surface area contributed by atoms with Crippen LogP contribution in [0.1, 0.15) is 31.2 Å². The van der Waals surface area contributed by atoms with Gasteiger partial charge in [-0.1, -0.05) is 30.5 Å². The van der Waals surface area contributed by atoms with Gasteiger partial charge in [0.25, 0.3) is 0 Å². The molecule has 2 atom stereocenters. The van der Waals surface area contributed by atoms with E-state index in [9.17, 15) is 13.5 Å². The quantitative estimate of drug-likeness (QED) is 0.896. The second kappa shape index (κ2) is 6.43. The average Bonchev–Trinajstić information content (AvgIpc) is 2.42. The molecule has 0 saturated heterocycles. The van der Waals surface area contributed by atoms with Crippen LogP contribution in [0.25, 0.3) is 0 Å². The Morgan fingerprint density at radius 3 is 2.75 bits per heavy atom. The van der Waals surface area contributed by atoms with Crippen LogP contribution in [0.2, 0.25) is 5.02 Å². The molecular formula is C14H20ClNO3S. The van der Waals surface area contributed by atoms with Crippen molar-refractivity contribution in [3.8, 4) is 0 Å². The largest absolute Gasteiger partial charge is 0.396 e. The van der Waals surface area contributed by atoms with E-state index < -0.39 is 10.0 Å². The Morgan fingerprint density at radius 2 is 2.05 bits per heavy atom. The van der Waals surface area contributed by atoms with E-state index in [4.69, 9.17) is 11.6 Å². The Bertz CT molecular complexity index is 574. The predicted molar refractivity (Wildman–Crippen MR) is 79.3 cm³/mol. The Morgan fingerprint density at radius 1 is 1.35 bits per heavy atom. The molecule has 6 heteroatoms. The lowest BCUT2D eigenvalue weighted by molar-refractivity contribution is 0.164. The van der Waals surface area contributed by atoms with Crippen molar-refractivity contribution in [2.45, 2.75) is 43.5 Å². The van der Waals surface area contributed by atoms with Crippen LogP contribution in [0.5, 0.6) is 0 Å². The number of halogens is 1. The fraction of sp³-hybridized carbons (Fsp3) is 0.571.